The van der Waals surface area contributed by atoms with Gasteiger partial charge in [-0.25, -0.2) is 4.98 Å². The summed E-state index contributed by atoms with van der Waals surface area (Å²) in [5, 5.41) is 6.03. The van der Waals surface area contributed by atoms with Crippen molar-refractivity contribution in [3.63, 3.8) is 0 Å². The molecule has 7 nitrogen and oxygen atoms in total. The van der Waals surface area contributed by atoms with Gasteiger partial charge in [0.1, 0.15) is 11.6 Å². The molecule has 0 radical (unpaired) electrons. The predicted octanol–water partition coefficient (Wildman–Crippen LogP) is 1.77. The molecular weight excluding hydrogens is 308 g/mol. The van der Waals surface area contributed by atoms with Crippen molar-refractivity contribution >= 4 is 11.7 Å². The van der Waals surface area contributed by atoms with Crippen molar-refractivity contribution in [2.24, 2.45) is 0 Å². The number of ether oxygens (including phenoxy) is 1. The molecule has 0 unspecified atom stereocenters. The Balaban J connectivity index is 1.90. The van der Waals surface area contributed by atoms with Crippen molar-refractivity contribution in [3.8, 4) is 0 Å². The van der Waals surface area contributed by atoms with E-state index in [0.29, 0.717) is 31.1 Å². The van der Waals surface area contributed by atoms with Crippen LogP contribution in [0, 0.1) is 0 Å². The van der Waals surface area contributed by atoms with Crippen molar-refractivity contribution in [3.05, 3.63) is 48.0 Å². The summed E-state index contributed by atoms with van der Waals surface area (Å²) in [7, 11) is 5.59. The molecule has 0 saturated heterocycles. The highest BCUT2D eigenvalue weighted by atomic mass is 16.5. The Morgan fingerprint density at radius 3 is 2.79 bits per heavy atom. The van der Waals surface area contributed by atoms with Crippen molar-refractivity contribution in [1.29, 1.82) is 0 Å². The number of nitrogens with one attached hydrogen (secondary N) is 2. The predicted molar refractivity (Wildman–Crippen MR) is 92.1 cm³/mol. The molecule has 2 aromatic rings. The fourth-order valence-corrected chi connectivity index (χ4v) is 2.22. The largest absolute Gasteiger partial charge is 0.468 e. The lowest BCUT2D eigenvalue weighted by molar-refractivity contribution is 0.0937. The van der Waals surface area contributed by atoms with Gasteiger partial charge >= 0.3 is 0 Å². The van der Waals surface area contributed by atoms with Gasteiger partial charge in [-0.15, -0.1) is 0 Å². The number of rotatable bonds is 9. The lowest BCUT2D eigenvalue weighted by atomic mass is 10.2. The number of nitrogens with zero attached hydrogens (tertiary/aromatic N) is 2. The summed E-state index contributed by atoms with van der Waals surface area (Å²) in [6.07, 6.45) is 3.23. The number of hydrogen-bond donors (Lipinski definition) is 2. The normalized spacial score (nSPS) is 12.2. The highest BCUT2D eigenvalue weighted by Crippen LogP contribution is 2.19. The Morgan fingerprint density at radius 2 is 2.21 bits per heavy atom. The minimum absolute atomic E-state index is 0.0961. The zero-order valence-electron chi connectivity index (χ0n) is 14.3. The van der Waals surface area contributed by atoms with Gasteiger partial charge in [0.15, 0.2) is 0 Å². The maximum atomic E-state index is 11.9. The van der Waals surface area contributed by atoms with E-state index in [1.165, 1.54) is 0 Å². The summed E-state index contributed by atoms with van der Waals surface area (Å²) in [5.74, 6) is 1.44. The van der Waals surface area contributed by atoms with Crippen LogP contribution < -0.4 is 10.6 Å². The van der Waals surface area contributed by atoms with Crippen LogP contribution >= 0.6 is 0 Å². The summed E-state index contributed by atoms with van der Waals surface area (Å²) < 4.78 is 10.4. The number of hydrogen-bond acceptors (Lipinski definition) is 6. The Bertz CT molecular complexity index is 611. The van der Waals surface area contributed by atoms with Gasteiger partial charge in [0.05, 0.1) is 24.5 Å². The van der Waals surface area contributed by atoms with Gasteiger partial charge in [0.2, 0.25) is 0 Å². The molecule has 0 bridgehead atoms. The van der Waals surface area contributed by atoms with Gasteiger partial charge in [-0.05, 0) is 38.4 Å². The summed E-state index contributed by atoms with van der Waals surface area (Å²) in [6.45, 7) is 1.60. The minimum Gasteiger partial charge on any atom is -0.468 e. The molecule has 7 heteroatoms. The number of likely N-dealkylation sites (N-methyl/N-ethyl adjacent to an activating group) is 1. The minimum atomic E-state index is -0.159. The van der Waals surface area contributed by atoms with Crippen LogP contribution in [0.3, 0.4) is 0 Å². The van der Waals surface area contributed by atoms with Crippen molar-refractivity contribution in [2.75, 3.05) is 46.2 Å². The molecule has 0 aliphatic rings. The molecule has 0 fully saturated rings. The molecule has 1 atom stereocenters. The molecule has 130 valence electrons. The summed E-state index contributed by atoms with van der Waals surface area (Å²) >= 11 is 0. The monoisotopic (exact) mass is 332 g/mol. The average molecular weight is 332 g/mol. The van der Waals surface area contributed by atoms with Crippen molar-refractivity contribution in [2.45, 2.75) is 6.04 Å². The Morgan fingerprint density at radius 1 is 1.38 bits per heavy atom. The van der Waals surface area contributed by atoms with Gasteiger partial charge < -0.3 is 19.8 Å². The van der Waals surface area contributed by atoms with Gasteiger partial charge in [0.25, 0.3) is 5.91 Å². The quantitative estimate of drug-likeness (QED) is 0.681. The van der Waals surface area contributed by atoms with Crippen LogP contribution in [0.15, 0.2) is 41.1 Å². The highest BCUT2D eigenvalue weighted by Gasteiger charge is 2.16. The summed E-state index contributed by atoms with van der Waals surface area (Å²) in [5.41, 5.74) is 0.520. The second kappa shape index (κ2) is 9.05. The zero-order valence-corrected chi connectivity index (χ0v) is 14.3. The van der Waals surface area contributed by atoms with E-state index >= 15 is 0 Å². The van der Waals surface area contributed by atoms with Gasteiger partial charge in [-0.1, -0.05) is 0 Å². The van der Waals surface area contributed by atoms with E-state index in [1.807, 2.05) is 26.2 Å². The molecule has 0 saturated carbocycles. The van der Waals surface area contributed by atoms with E-state index in [9.17, 15) is 4.79 Å². The smallest absolute Gasteiger partial charge is 0.252 e. The van der Waals surface area contributed by atoms with Crippen LogP contribution in [0.2, 0.25) is 0 Å². The standard InChI is InChI=1S/C17H24N4O3/c1-21(2)14(15-5-4-9-24-15)12-20-16-7-6-13(11-19-16)17(22)18-8-10-23-3/h4-7,9,11,14H,8,10,12H2,1-3H3,(H,18,22)(H,19,20)/t14-/m0/s1. The van der Waals surface area contributed by atoms with Gasteiger partial charge in [-0.2, -0.15) is 0 Å². The van der Waals surface area contributed by atoms with Gasteiger partial charge in [-0.3, -0.25) is 9.69 Å². The number of methoxy groups -OCH3 is 1. The molecule has 1 amide bonds. The first-order chi connectivity index (χ1) is 11.6. The van der Waals surface area contributed by atoms with E-state index < -0.39 is 0 Å². The SMILES string of the molecule is COCCNC(=O)c1ccc(NC[C@@H](c2ccco2)N(C)C)nc1. The number of carbonyl (C=O) groups excluding carboxylic acids is 1. The third kappa shape index (κ3) is 5.07. The lowest BCUT2D eigenvalue weighted by Gasteiger charge is -2.22. The Kier molecular flexibility index (Phi) is 6.77. The second-order valence-corrected chi connectivity index (χ2v) is 5.56. The topological polar surface area (TPSA) is 79.6 Å². The Hall–Kier alpha value is -2.38. The van der Waals surface area contributed by atoms with E-state index in [-0.39, 0.29) is 11.9 Å². The first-order valence-corrected chi connectivity index (χ1v) is 7.78. The molecule has 2 N–H and O–H groups in total. The van der Waals surface area contributed by atoms with Crippen LogP contribution in [0.25, 0.3) is 0 Å². The fraction of sp³-hybridized carbons (Fsp3) is 0.412. The zero-order chi connectivity index (χ0) is 17.4. The van der Waals surface area contributed by atoms with Crippen LogP contribution in [-0.2, 0) is 4.74 Å². The number of aromatic nitrogens is 1. The van der Waals surface area contributed by atoms with Crippen LogP contribution in [-0.4, -0.2) is 56.7 Å². The third-order valence-corrected chi connectivity index (χ3v) is 3.59. The van der Waals surface area contributed by atoms with Crippen molar-refractivity contribution in [1.82, 2.24) is 15.2 Å². The third-order valence-electron chi connectivity index (χ3n) is 3.59. The highest BCUT2D eigenvalue weighted by molar-refractivity contribution is 5.94. The van der Waals surface area contributed by atoms with E-state index in [1.54, 1.807) is 31.7 Å². The molecule has 2 rings (SSSR count). The number of amides is 1. The Labute approximate surface area is 142 Å². The van der Waals surface area contributed by atoms with E-state index in [0.717, 1.165) is 5.76 Å². The molecule has 2 heterocycles. The molecule has 0 aliphatic carbocycles. The van der Waals surface area contributed by atoms with Crippen molar-refractivity contribution < 1.29 is 13.9 Å². The van der Waals surface area contributed by atoms with Crippen LogP contribution in [0.4, 0.5) is 5.82 Å². The van der Waals surface area contributed by atoms with E-state index in [2.05, 4.69) is 20.5 Å². The molecule has 0 spiro atoms. The number of anilines is 1. The maximum Gasteiger partial charge on any atom is 0.252 e. The first-order valence-electron chi connectivity index (χ1n) is 7.78. The fourth-order valence-electron chi connectivity index (χ4n) is 2.22. The molecule has 0 aliphatic heterocycles. The molecule has 24 heavy (non-hydrogen) atoms. The van der Waals surface area contributed by atoms with Gasteiger partial charge in [0, 0.05) is 26.4 Å². The van der Waals surface area contributed by atoms with E-state index in [4.69, 9.17) is 9.15 Å². The molecule has 2 aromatic heterocycles. The lowest BCUT2D eigenvalue weighted by Crippen LogP contribution is -2.27. The average Bonchev–Trinajstić information content (AvgIpc) is 3.09. The number of carbonyl (C=O) groups is 1. The summed E-state index contributed by atoms with van der Waals surface area (Å²) in [4.78, 5) is 18.3. The van der Waals surface area contributed by atoms with Crippen LogP contribution in [0.5, 0.6) is 0 Å². The maximum absolute atomic E-state index is 11.9. The molecule has 0 aromatic carbocycles. The number of pyridine rings is 1. The number of furan rings is 1. The first kappa shape index (κ1) is 18.0. The summed E-state index contributed by atoms with van der Waals surface area (Å²) in [6, 6.07) is 7.46. The van der Waals surface area contributed by atoms with Crippen LogP contribution in [0.1, 0.15) is 22.2 Å². The second-order valence-electron chi connectivity index (χ2n) is 5.56. The molecular formula is C17H24N4O3.